The number of thiazole rings is 1. The maximum Gasteiger partial charge on any atom is 0.418 e. The number of aromatic nitrogens is 3. The molecule has 2 heterocycles. The second kappa shape index (κ2) is 10.4. The monoisotopic (exact) mass is 516 g/mol. The molecule has 0 radical (unpaired) electrons. The smallest absolute Gasteiger partial charge is 0.418 e. The van der Waals surface area contributed by atoms with Crippen LogP contribution in [0.3, 0.4) is 0 Å². The quantitative estimate of drug-likeness (QED) is 0.289. The van der Waals surface area contributed by atoms with Crippen LogP contribution in [0.15, 0.2) is 65.7 Å². The fourth-order valence-electron chi connectivity index (χ4n) is 3.25. The van der Waals surface area contributed by atoms with Crippen molar-refractivity contribution >= 4 is 34.7 Å². The molecule has 4 aromatic rings. The van der Waals surface area contributed by atoms with Crippen molar-refractivity contribution < 1.29 is 22.7 Å². The van der Waals surface area contributed by atoms with Gasteiger partial charge in [0.25, 0.3) is 0 Å². The molecule has 2 aromatic heterocycles. The van der Waals surface area contributed by atoms with Crippen molar-refractivity contribution in [3.05, 3.63) is 71.9 Å². The van der Waals surface area contributed by atoms with Gasteiger partial charge in [-0.05, 0) is 43.3 Å². The van der Waals surface area contributed by atoms with E-state index in [1.165, 1.54) is 29.5 Å². The number of thioether (sulfide) groups is 1. The summed E-state index contributed by atoms with van der Waals surface area (Å²) in [5.74, 6) is 0.0386. The molecule has 0 aliphatic heterocycles. The molecule has 0 fully saturated rings. The van der Waals surface area contributed by atoms with E-state index in [0.29, 0.717) is 10.7 Å². The topological polar surface area (TPSA) is 77.0 Å². The van der Waals surface area contributed by atoms with Gasteiger partial charge in [0.1, 0.15) is 21.5 Å². The zero-order valence-electron chi connectivity index (χ0n) is 18.6. The van der Waals surface area contributed by atoms with E-state index in [1.54, 1.807) is 19.2 Å². The minimum Gasteiger partial charge on any atom is -0.496 e. The lowest BCUT2D eigenvalue weighted by molar-refractivity contribution is -0.137. The Bertz CT molecular complexity index is 1340. The summed E-state index contributed by atoms with van der Waals surface area (Å²) in [7, 11) is 1.61. The number of nitrogens with one attached hydrogen (secondary N) is 1. The second-order valence-corrected chi connectivity index (χ2v) is 9.27. The lowest BCUT2D eigenvalue weighted by Gasteiger charge is -2.13. The van der Waals surface area contributed by atoms with E-state index < -0.39 is 17.6 Å². The standard InChI is InChI=1S/C24H19F3N4O2S2/c1-14-22(35-23(28-14)15-7-3-6-10-19(15)33-2)18-11-12-21(31-30-18)34-13-20(32)29-17-9-5-4-8-16(17)24(25,26)27/h3-12H,13H2,1-2H3,(H,29,32). The van der Waals surface area contributed by atoms with Crippen LogP contribution in [0.4, 0.5) is 18.9 Å². The molecule has 0 atom stereocenters. The van der Waals surface area contributed by atoms with Crippen molar-refractivity contribution in [2.75, 3.05) is 18.2 Å². The summed E-state index contributed by atoms with van der Waals surface area (Å²) in [6.07, 6.45) is -4.56. The van der Waals surface area contributed by atoms with Gasteiger partial charge in [-0.1, -0.05) is 36.0 Å². The van der Waals surface area contributed by atoms with Crippen molar-refractivity contribution in [2.45, 2.75) is 18.1 Å². The van der Waals surface area contributed by atoms with Crippen LogP contribution in [0.2, 0.25) is 0 Å². The average Bonchev–Trinajstić information content (AvgIpc) is 3.24. The van der Waals surface area contributed by atoms with Crippen LogP contribution in [-0.2, 0) is 11.0 Å². The largest absolute Gasteiger partial charge is 0.496 e. The third kappa shape index (κ3) is 5.80. The first-order chi connectivity index (χ1) is 16.8. The molecule has 6 nitrogen and oxygen atoms in total. The highest BCUT2D eigenvalue weighted by Crippen LogP contribution is 2.38. The van der Waals surface area contributed by atoms with Crippen LogP contribution in [-0.4, -0.2) is 34.0 Å². The highest BCUT2D eigenvalue weighted by atomic mass is 32.2. The van der Waals surface area contributed by atoms with Crippen LogP contribution in [0.5, 0.6) is 5.75 Å². The number of para-hydroxylation sites is 2. The van der Waals surface area contributed by atoms with Crippen molar-refractivity contribution in [1.82, 2.24) is 15.2 Å². The number of aryl methyl sites for hydroxylation is 1. The Balaban J connectivity index is 1.42. The number of carbonyl (C=O) groups is 1. The maximum absolute atomic E-state index is 13.1. The Morgan fingerprint density at radius 2 is 1.80 bits per heavy atom. The van der Waals surface area contributed by atoms with E-state index in [-0.39, 0.29) is 11.4 Å². The van der Waals surface area contributed by atoms with Crippen LogP contribution in [0.1, 0.15) is 11.3 Å². The summed E-state index contributed by atoms with van der Waals surface area (Å²) in [4.78, 5) is 17.7. The first kappa shape index (κ1) is 24.7. The number of rotatable bonds is 7. The van der Waals surface area contributed by atoms with E-state index in [4.69, 9.17) is 4.74 Å². The second-order valence-electron chi connectivity index (χ2n) is 7.27. The van der Waals surface area contributed by atoms with Gasteiger partial charge in [-0.15, -0.1) is 21.5 Å². The number of hydrogen-bond acceptors (Lipinski definition) is 7. The van der Waals surface area contributed by atoms with Gasteiger partial charge in [0, 0.05) is 0 Å². The minimum atomic E-state index is -4.56. The van der Waals surface area contributed by atoms with Gasteiger partial charge in [-0.25, -0.2) is 4.98 Å². The third-order valence-corrected chi connectivity index (χ3v) is 7.00. The molecule has 0 bridgehead atoms. The van der Waals surface area contributed by atoms with Crippen molar-refractivity contribution in [3.63, 3.8) is 0 Å². The number of carbonyl (C=O) groups excluding carboxylic acids is 1. The molecule has 180 valence electrons. The normalized spacial score (nSPS) is 11.3. The number of amides is 1. The van der Waals surface area contributed by atoms with Gasteiger partial charge in [-0.3, -0.25) is 4.79 Å². The molecule has 0 aliphatic carbocycles. The minimum absolute atomic E-state index is 0.113. The first-order valence-corrected chi connectivity index (χ1v) is 12.1. The van der Waals surface area contributed by atoms with Crippen molar-refractivity contribution in [3.8, 4) is 26.9 Å². The molecule has 0 aliphatic rings. The summed E-state index contributed by atoms with van der Waals surface area (Å²) in [6, 6.07) is 15.9. The van der Waals surface area contributed by atoms with Gasteiger partial charge in [0.15, 0.2) is 0 Å². The maximum atomic E-state index is 13.1. The molecule has 11 heteroatoms. The fraction of sp³-hybridized carbons (Fsp3) is 0.167. The number of hydrogen-bond donors (Lipinski definition) is 1. The van der Waals surface area contributed by atoms with Gasteiger partial charge in [0.05, 0.1) is 40.2 Å². The van der Waals surface area contributed by atoms with Crippen LogP contribution in [0.25, 0.3) is 21.1 Å². The van der Waals surface area contributed by atoms with E-state index in [9.17, 15) is 18.0 Å². The summed E-state index contributed by atoms with van der Waals surface area (Å²) in [5.41, 5.74) is 1.14. The van der Waals surface area contributed by atoms with Gasteiger partial charge in [0.2, 0.25) is 5.91 Å². The molecule has 2 aromatic carbocycles. The van der Waals surface area contributed by atoms with Gasteiger partial charge < -0.3 is 10.1 Å². The van der Waals surface area contributed by atoms with Crippen molar-refractivity contribution in [2.24, 2.45) is 0 Å². The number of nitrogens with zero attached hydrogens (tertiary/aromatic N) is 3. The van der Waals surface area contributed by atoms with Gasteiger partial charge >= 0.3 is 6.18 Å². The van der Waals surface area contributed by atoms with E-state index in [1.807, 2.05) is 31.2 Å². The number of methoxy groups -OCH3 is 1. The Labute approximate surface area is 207 Å². The van der Waals surface area contributed by atoms with Crippen molar-refractivity contribution in [1.29, 1.82) is 0 Å². The highest BCUT2D eigenvalue weighted by molar-refractivity contribution is 7.99. The Morgan fingerprint density at radius 3 is 2.51 bits per heavy atom. The number of halogens is 3. The lowest BCUT2D eigenvalue weighted by Crippen LogP contribution is -2.18. The van der Waals surface area contributed by atoms with E-state index in [2.05, 4.69) is 20.5 Å². The Hall–Kier alpha value is -3.44. The number of anilines is 1. The zero-order valence-corrected chi connectivity index (χ0v) is 20.2. The SMILES string of the molecule is COc1ccccc1-c1nc(C)c(-c2ccc(SCC(=O)Nc3ccccc3C(F)(F)F)nn2)s1. The Morgan fingerprint density at radius 1 is 1.06 bits per heavy atom. The molecule has 0 spiro atoms. The summed E-state index contributed by atoms with van der Waals surface area (Å²) < 4.78 is 44.7. The molecule has 1 amide bonds. The molecule has 0 saturated heterocycles. The van der Waals surface area contributed by atoms with E-state index in [0.717, 1.165) is 44.7 Å². The molecular weight excluding hydrogens is 497 g/mol. The van der Waals surface area contributed by atoms with E-state index >= 15 is 0 Å². The number of alkyl halides is 3. The predicted octanol–water partition coefficient (Wildman–Crippen LogP) is 6.33. The third-order valence-electron chi connectivity index (χ3n) is 4.86. The molecule has 0 unspecified atom stereocenters. The summed E-state index contributed by atoms with van der Waals surface area (Å²) in [6.45, 7) is 1.89. The van der Waals surface area contributed by atoms with Crippen LogP contribution >= 0.6 is 23.1 Å². The lowest BCUT2D eigenvalue weighted by atomic mass is 10.1. The first-order valence-electron chi connectivity index (χ1n) is 10.3. The molecule has 1 N–H and O–H groups in total. The predicted molar refractivity (Wildman–Crippen MR) is 131 cm³/mol. The van der Waals surface area contributed by atoms with Gasteiger partial charge in [-0.2, -0.15) is 13.2 Å². The summed E-state index contributed by atoms with van der Waals surface area (Å²) >= 11 is 2.55. The van der Waals surface area contributed by atoms with Crippen LogP contribution < -0.4 is 10.1 Å². The molecule has 0 saturated carbocycles. The molecule has 35 heavy (non-hydrogen) atoms. The number of ether oxygens (including phenoxy) is 1. The zero-order chi connectivity index (χ0) is 25.0. The fourth-order valence-corrected chi connectivity index (χ4v) is 4.93. The highest BCUT2D eigenvalue weighted by Gasteiger charge is 2.33. The molecular formula is C24H19F3N4O2S2. The van der Waals surface area contributed by atoms with Crippen LogP contribution in [0, 0.1) is 6.92 Å². The summed E-state index contributed by atoms with van der Waals surface area (Å²) in [5, 5.41) is 12.0. The average molecular weight is 517 g/mol. The Kier molecular flexibility index (Phi) is 7.37. The molecule has 4 rings (SSSR count). The number of benzene rings is 2.